The van der Waals surface area contributed by atoms with Crippen molar-refractivity contribution in [2.75, 3.05) is 17.6 Å². The molecule has 10 heteroatoms. The number of amides is 1. The number of rotatable bonds is 9. The number of carbonyl (C=O) groups is 1. The Morgan fingerprint density at radius 2 is 1.68 bits per heavy atom. The van der Waals surface area contributed by atoms with Gasteiger partial charge in [-0.2, -0.15) is 11.8 Å². The smallest absolute Gasteiger partial charge is 0.269 e. The molecule has 0 aliphatic carbocycles. The van der Waals surface area contributed by atoms with Crippen molar-refractivity contribution in [3.05, 3.63) is 71.8 Å². The van der Waals surface area contributed by atoms with Gasteiger partial charge in [0.2, 0.25) is 9.47 Å². The van der Waals surface area contributed by atoms with Crippen LogP contribution in [0.3, 0.4) is 0 Å². The molecule has 0 radical (unpaired) electrons. The zero-order valence-corrected chi connectivity index (χ0v) is 17.2. The lowest BCUT2D eigenvalue weighted by Crippen LogP contribution is -2.26. The van der Waals surface area contributed by atoms with E-state index < -0.39 is 10.0 Å². The predicted molar refractivity (Wildman–Crippen MR) is 112 cm³/mol. The first-order chi connectivity index (χ1) is 13.5. The summed E-state index contributed by atoms with van der Waals surface area (Å²) in [6, 6.07) is 18.6. The highest BCUT2D eigenvalue weighted by Crippen LogP contribution is 2.20. The number of sulfonamides is 1. The van der Waals surface area contributed by atoms with Crippen LogP contribution in [-0.2, 0) is 15.8 Å². The van der Waals surface area contributed by atoms with Gasteiger partial charge in [0.25, 0.3) is 15.9 Å². The molecule has 7 nitrogen and oxygen atoms in total. The lowest BCUT2D eigenvalue weighted by molar-refractivity contribution is 0.102. The van der Waals surface area contributed by atoms with Crippen LogP contribution >= 0.6 is 23.1 Å². The highest BCUT2D eigenvalue weighted by Gasteiger charge is 2.20. The van der Waals surface area contributed by atoms with E-state index in [4.69, 9.17) is 0 Å². The fraction of sp³-hybridized carbons (Fsp3) is 0.167. The minimum atomic E-state index is -3.75. The summed E-state index contributed by atoms with van der Waals surface area (Å²) < 4.78 is 26.9. The van der Waals surface area contributed by atoms with E-state index in [0.717, 1.165) is 17.1 Å². The van der Waals surface area contributed by atoms with Gasteiger partial charge >= 0.3 is 0 Å². The molecule has 0 saturated heterocycles. The third-order valence-electron chi connectivity index (χ3n) is 3.54. The number of carbonyl (C=O) groups excluding carboxylic acids is 1. The molecule has 0 saturated carbocycles. The van der Waals surface area contributed by atoms with Gasteiger partial charge in [-0.15, -0.1) is 10.2 Å². The molecule has 0 spiro atoms. The Labute approximate surface area is 171 Å². The standard InChI is InChI=1S/C18H18N4O3S3/c23-16(15-9-5-2-6-10-15)20-17-21-22-18(27-17)28(24,25)19-11-12-26-13-14-7-3-1-4-8-14/h1-10,19H,11-13H2,(H,20,21,23). The van der Waals surface area contributed by atoms with Gasteiger partial charge < -0.3 is 0 Å². The van der Waals surface area contributed by atoms with Gasteiger partial charge in [0, 0.05) is 23.6 Å². The van der Waals surface area contributed by atoms with Crippen molar-refractivity contribution in [2.24, 2.45) is 0 Å². The van der Waals surface area contributed by atoms with E-state index in [1.165, 1.54) is 5.56 Å². The summed E-state index contributed by atoms with van der Waals surface area (Å²) in [7, 11) is -3.75. The normalized spacial score (nSPS) is 11.3. The molecule has 3 aromatic rings. The van der Waals surface area contributed by atoms with Crippen molar-refractivity contribution < 1.29 is 13.2 Å². The van der Waals surface area contributed by atoms with E-state index in [9.17, 15) is 13.2 Å². The van der Waals surface area contributed by atoms with E-state index in [2.05, 4.69) is 20.2 Å². The SMILES string of the molecule is O=C(Nc1nnc(S(=O)(=O)NCCSCc2ccccc2)s1)c1ccccc1. The van der Waals surface area contributed by atoms with Crippen molar-refractivity contribution in [1.82, 2.24) is 14.9 Å². The van der Waals surface area contributed by atoms with Crippen LogP contribution in [-0.4, -0.2) is 36.8 Å². The van der Waals surface area contributed by atoms with E-state index in [-0.39, 0.29) is 21.9 Å². The van der Waals surface area contributed by atoms with Crippen LogP contribution in [0.1, 0.15) is 15.9 Å². The number of thioether (sulfide) groups is 1. The predicted octanol–water partition coefficient (Wildman–Crippen LogP) is 3.00. The maximum Gasteiger partial charge on any atom is 0.269 e. The fourth-order valence-electron chi connectivity index (χ4n) is 2.20. The molecular formula is C18H18N4O3S3. The first-order valence-corrected chi connectivity index (χ1v) is 11.8. The molecule has 0 unspecified atom stereocenters. The average molecular weight is 435 g/mol. The Hall–Kier alpha value is -2.27. The van der Waals surface area contributed by atoms with Crippen LogP contribution in [0, 0.1) is 0 Å². The summed E-state index contributed by atoms with van der Waals surface area (Å²) in [4.78, 5) is 12.1. The number of benzene rings is 2. The molecule has 0 fully saturated rings. The zero-order valence-electron chi connectivity index (χ0n) is 14.7. The highest BCUT2D eigenvalue weighted by atomic mass is 32.2. The van der Waals surface area contributed by atoms with E-state index >= 15 is 0 Å². The maximum absolute atomic E-state index is 12.3. The monoisotopic (exact) mass is 434 g/mol. The van der Waals surface area contributed by atoms with E-state index in [1.807, 2.05) is 30.3 Å². The summed E-state index contributed by atoms with van der Waals surface area (Å²) in [6.07, 6.45) is 0. The third kappa shape index (κ3) is 5.86. The van der Waals surface area contributed by atoms with Crippen molar-refractivity contribution in [1.29, 1.82) is 0 Å². The second-order valence-corrected chi connectivity index (χ2v) is 9.65. The molecule has 3 rings (SSSR count). The molecule has 2 N–H and O–H groups in total. The molecule has 0 aliphatic rings. The molecule has 146 valence electrons. The highest BCUT2D eigenvalue weighted by molar-refractivity contribution is 7.98. The summed E-state index contributed by atoms with van der Waals surface area (Å²) in [5.74, 6) is 1.08. The molecule has 1 aromatic heterocycles. The van der Waals surface area contributed by atoms with Crippen molar-refractivity contribution in [3.63, 3.8) is 0 Å². The molecule has 0 aliphatic heterocycles. The summed E-state index contributed by atoms with van der Waals surface area (Å²) in [6.45, 7) is 0.283. The first-order valence-electron chi connectivity index (χ1n) is 8.36. The van der Waals surface area contributed by atoms with Gasteiger partial charge in [-0.25, -0.2) is 13.1 Å². The number of nitrogens with zero attached hydrogens (tertiary/aromatic N) is 2. The fourth-order valence-corrected chi connectivity index (χ4v) is 5.12. The minimum Gasteiger partial charge on any atom is -0.296 e. The Bertz CT molecular complexity index is 1010. The van der Waals surface area contributed by atoms with E-state index in [0.29, 0.717) is 11.3 Å². The zero-order chi connectivity index (χ0) is 19.8. The van der Waals surface area contributed by atoms with Gasteiger partial charge in [0.1, 0.15) is 0 Å². The van der Waals surface area contributed by atoms with Crippen molar-refractivity contribution in [3.8, 4) is 0 Å². The number of aromatic nitrogens is 2. The Balaban J connectivity index is 1.48. The minimum absolute atomic E-state index is 0.132. The van der Waals surface area contributed by atoms with Gasteiger partial charge in [-0.3, -0.25) is 10.1 Å². The van der Waals surface area contributed by atoms with Gasteiger partial charge in [0.15, 0.2) is 0 Å². The maximum atomic E-state index is 12.3. The van der Waals surface area contributed by atoms with Gasteiger partial charge in [-0.1, -0.05) is 59.9 Å². The molecule has 1 amide bonds. The average Bonchev–Trinajstić information content (AvgIpc) is 3.18. The van der Waals surface area contributed by atoms with Crippen LogP contribution in [0.25, 0.3) is 0 Å². The molecule has 28 heavy (non-hydrogen) atoms. The number of hydrogen-bond donors (Lipinski definition) is 2. The first kappa shape index (κ1) is 20.5. The van der Waals surface area contributed by atoms with Gasteiger partial charge in [-0.05, 0) is 17.7 Å². The van der Waals surface area contributed by atoms with Crippen molar-refractivity contribution in [2.45, 2.75) is 10.1 Å². The van der Waals surface area contributed by atoms with Gasteiger partial charge in [0.05, 0.1) is 0 Å². The van der Waals surface area contributed by atoms with Crippen molar-refractivity contribution >= 4 is 44.2 Å². The van der Waals surface area contributed by atoms with Crippen LogP contribution in [0.2, 0.25) is 0 Å². The molecule has 2 aromatic carbocycles. The second kappa shape index (κ2) is 9.78. The second-order valence-electron chi connectivity index (χ2n) is 5.63. The largest absolute Gasteiger partial charge is 0.296 e. The molecule has 0 atom stereocenters. The lowest BCUT2D eigenvalue weighted by atomic mass is 10.2. The lowest BCUT2D eigenvalue weighted by Gasteiger charge is -2.04. The Kier molecular flexibility index (Phi) is 7.15. The third-order valence-corrected chi connectivity index (χ3v) is 7.24. The molecule has 0 bridgehead atoms. The topological polar surface area (TPSA) is 101 Å². The Morgan fingerprint density at radius 3 is 2.39 bits per heavy atom. The van der Waals surface area contributed by atoms with E-state index in [1.54, 1.807) is 42.1 Å². The number of anilines is 1. The summed E-state index contributed by atoms with van der Waals surface area (Å²) in [5, 5.41) is 10.1. The quantitative estimate of drug-likeness (QED) is 0.397. The number of hydrogen-bond acceptors (Lipinski definition) is 7. The molecular weight excluding hydrogens is 416 g/mol. The summed E-state index contributed by atoms with van der Waals surface area (Å²) >= 11 is 2.45. The van der Waals surface area contributed by atoms with Crippen LogP contribution in [0.4, 0.5) is 5.13 Å². The van der Waals surface area contributed by atoms with Crippen LogP contribution < -0.4 is 10.0 Å². The molecule has 1 heterocycles. The number of nitrogens with one attached hydrogen (secondary N) is 2. The van der Waals surface area contributed by atoms with Crippen LogP contribution in [0.5, 0.6) is 0 Å². The Morgan fingerprint density at radius 1 is 1.00 bits per heavy atom. The summed E-state index contributed by atoms with van der Waals surface area (Å²) in [5.41, 5.74) is 1.65. The van der Waals surface area contributed by atoms with Crippen LogP contribution in [0.15, 0.2) is 65.0 Å².